The van der Waals surface area contributed by atoms with Crippen LogP contribution in [0.25, 0.3) is 0 Å². The third-order valence-corrected chi connectivity index (χ3v) is 12.9. The van der Waals surface area contributed by atoms with Gasteiger partial charge in [0, 0.05) is 99.8 Å². The minimum Gasteiger partial charge on any atom is -0.485 e. The van der Waals surface area contributed by atoms with Gasteiger partial charge in [0.25, 0.3) is 0 Å². The first-order valence-corrected chi connectivity index (χ1v) is 27.8. The number of aliphatic imine (C=N–C) groups is 2. The van der Waals surface area contributed by atoms with Crippen LogP contribution in [0.1, 0.15) is 75.7 Å². The summed E-state index contributed by atoms with van der Waals surface area (Å²) in [7, 11) is 1.97. The fourth-order valence-electron chi connectivity index (χ4n) is 7.48. The molecule has 4 aliphatic heterocycles. The number of pyridine rings is 3. The highest BCUT2D eigenvalue weighted by Crippen LogP contribution is 2.50. The molecule has 3 aromatic carbocycles. The summed E-state index contributed by atoms with van der Waals surface area (Å²) in [6, 6.07) is 28.5. The lowest BCUT2D eigenvalue weighted by molar-refractivity contribution is -0.191. The number of guanidine groups is 1. The maximum absolute atomic E-state index is 12.1. The third-order valence-electron chi connectivity index (χ3n) is 10.6. The predicted molar refractivity (Wildman–Crippen MR) is 292 cm³/mol. The molecule has 0 aliphatic carbocycles. The molecular formula is C51H52Br3ClN10O6Si. The monoisotopic (exact) mass is 1200 g/mol. The molecule has 3 aromatic heterocycles. The summed E-state index contributed by atoms with van der Waals surface area (Å²) < 4.78 is 24.8. The van der Waals surface area contributed by atoms with Crippen molar-refractivity contribution >= 4 is 91.8 Å². The number of carbonyl (C=O) groups excluding carboxylic acids is 1. The first kappa shape index (κ1) is 56.8. The van der Waals surface area contributed by atoms with Gasteiger partial charge in [-0.25, -0.2) is 20.4 Å². The maximum Gasteiger partial charge on any atom is 0.222 e. The van der Waals surface area contributed by atoms with E-state index < -0.39 is 14.0 Å². The number of ether oxygens (including phenoxy) is 3. The van der Waals surface area contributed by atoms with Crippen molar-refractivity contribution < 1.29 is 29.0 Å². The van der Waals surface area contributed by atoms with Gasteiger partial charge in [-0.3, -0.25) is 24.4 Å². The molecule has 0 bridgehead atoms. The van der Waals surface area contributed by atoms with Gasteiger partial charge in [-0.1, -0.05) is 66.0 Å². The second-order valence-electron chi connectivity index (χ2n) is 16.8. The SMILES string of the molecule is C=C=N[Si](C)(C)C.CN1OC2(CC(c3cccnc3)Oc3ccc(Br)cc32)N=C1N.CNO.Cl.N#CN=C1CC(c2cccnc2)Oc2ccc(Br)cc21.O=C1CC(c2cccnc2)Oc2ccc(Br)cc21. The fraction of sp³-hybridized carbons (Fsp3) is 0.235. The summed E-state index contributed by atoms with van der Waals surface area (Å²) in [6.45, 7) is 9.82. The van der Waals surface area contributed by atoms with Gasteiger partial charge in [0.1, 0.15) is 35.6 Å². The first-order valence-electron chi connectivity index (χ1n) is 22.0. The Kier molecular flexibility index (Phi) is 20.9. The highest BCUT2D eigenvalue weighted by atomic mass is 79.9. The smallest absolute Gasteiger partial charge is 0.222 e. The van der Waals surface area contributed by atoms with Crippen molar-refractivity contribution in [3.8, 4) is 23.4 Å². The Balaban J connectivity index is 0.000000183. The lowest BCUT2D eigenvalue weighted by Crippen LogP contribution is -2.36. The maximum atomic E-state index is 12.1. The van der Waals surface area contributed by atoms with E-state index >= 15 is 0 Å². The Bertz CT molecular complexity index is 2950. The summed E-state index contributed by atoms with van der Waals surface area (Å²) in [4.78, 5) is 39.0. The number of nitriles is 1. The highest BCUT2D eigenvalue weighted by molar-refractivity contribution is 9.11. The quantitative estimate of drug-likeness (QED) is 0.0649. The van der Waals surface area contributed by atoms with Crippen LogP contribution in [0.5, 0.6) is 17.2 Å². The average Bonchev–Trinajstić information content (AvgIpc) is 3.64. The number of hydrogen-bond donors (Lipinski definition) is 3. The van der Waals surface area contributed by atoms with Crippen LogP contribution in [0.2, 0.25) is 19.6 Å². The van der Waals surface area contributed by atoms with Gasteiger partial charge in [-0.05, 0) is 105 Å². The van der Waals surface area contributed by atoms with E-state index in [9.17, 15) is 4.79 Å². The number of ketones is 1. The Labute approximate surface area is 451 Å². The zero-order chi connectivity index (χ0) is 51.1. The molecule has 1 spiro atoms. The first-order chi connectivity index (χ1) is 34.1. The van der Waals surface area contributed by atoms with Crippen molar-refractivity contribution in [2.75, 3.05) is 14.1 Å². The minimum atomic E-state index is -1.21. The van der Waals surface area contributed by atoms with Gasteiger partial charge in [0.2, 0.25) is 17.9 Å². The summed E-state index contributed by atoms with van der Waals surface area (Å²) in [5.41, 5.74) is 12.8. The van der Waals surface area contributed by atoms with Crippen molar-refractivity contribution in [2.45, 2.75) is 62.9 Å². The third kappa shape index (κ3) is 15.2. The van der Waals surface area contributed by atoms with Gasteiger partial charge < -0.3 is 25.2 Å². The molecule has 0 radical (unpaired) electrons. The summed E-state index contributed by atoms with van der Waals surface area (Å²) in [6.07, 6.45) is 13.2. The fourth-order valence-corrected chi connectivity index (χ4v) is 9.03. The van der Waals surface area contributed by atoms with Crippen LogP contribution in [-0.2, 0) is 10.6 Å². The molecule has 72 heavy (non-hydrogen) atoms. The number of benzene rings is 3. The summed E-state index contributed by atoms with van der Waals surface area (Å²) in [5, 5.41) is 17.7. The van der Waals surface area contributed by atoms with Crippen LogP contribution in [0.4, 0.5) is 0 Å². The average molecular weight is 1200 g/mol. The number of carbonyl (C=O) groups is 1. The van der Waals surface area contributed by atoms with Crippen LogP contribution in [0, 0.1) is 11.5 Å². The molecule has 4 unspecified atom stereocenters. The molecule has 0 saturated heterocycles. The van der Waals surface area contributed by atoms with E-state index in [0.29, 0.717) is 36.5 Å². The predicted octanol–water partition coefficient (Wildman–Crippen LogP) is 11.6. The highest BCUT2D eigenvalue weighted by Gasteiger charge is 2.49. The van der Waals surface area contributed by atoms with Crippen LogP contribution < -0.4 is 25.4 Å². The van der Waals surface area contributed by atoms with Gasteiger partial charge in [0.15, 0.2) is 14.0 Å². The molecule has 21 heteroatoms. The van der Waals surface area contributed by atoms with Gasteiger partial charge in [-0.15, -0.1) is 12.4 Å². The Morgan fingerprint density at radius 3 is 1.72 bits per heavy atom. The molecule has 4 aliphatic rings. The molecular weight excluding hydrogens is 1150 g/mol. The number of rotatable bonds is 4. The molecule has 4 N–H and O–H groups in total. The lowest BCUT2D eigenvalue weighted by atomic mass is 9.90. The largest absolute Gasteiger partial charge is 0.485 e. The second kappa shape index (κ2) is 26.5. The van der Waals surface area contributed by atoms with E-state index in [1.807, 2.05) is 91.1 Å². The van der Waals surface area contributed by atoms with Crippen LogP contribution >= 0.6 is 60.2 Å². The van der Waals surface area contributed by atoms with Crippen molar-refractivity contribution in [1.29, 1.82) is 5.26 Å². The molecule has 7 heterocycles. The molecule has 10 rings (SSSR count). The second-order valence-corrected chi connectivity index (χ2v) is 24.1. The van der Waals surface area contributed by atoms with E-state index in [1.54, 1.807) is 55.8 Å². The number of aromatic nitrogens is 3. The number of nitrogens with one attached hydrogen (secondary N) is 1. The molecule has 374 valence electrons. The number of fused-ring (bicyclic) bond motifs is 4. The lowest BCUT2D eigenvalue weighted by Gasteiger charge is -2.37. The van der Waals surface area contributed by atoms with Crippen LogP contribution in [0.3, 0.4) is 0 Å². The van der Waals surface area contributed by atoms with Crippen molar-refractivity contribution in [3.63, 3.8) is 0 Å². The Hall–Kier alpha value is -6.11. The normalized spacial score (nSPS) is 19.3. The molecule has 16 nitrogen and oxygen atoms in total. The molecule has 0 saturated carbocycles. The van der Waals surface area contributed by atoms with Gasteiger partial charge in [0.05, 0.1) is 23.3 Å². The standard InChI is InChI=1S/C16H15BrN4O2.C15H10BrN3O.C14H10BrNO2.C5H11NSi.CH5NO.ClH/c1-21-15(18)20-16(23-21)8-14(10-3-2-6-19-9-10)22-13-5-4-11(17)7-12(13)16;16-11-3-4-14-12(6-11)13(19-9-17)7-15(20-14)10-2-1-5-18-8-10;15-10-3-4-13-11(6-10)12(17)7-14(18-13)9-2-1-5-16-8-9;1-5-6-7(2,3)4;1-2-3;/h2-7,9,14H,8H2,1H3,(H2,18,20);1-6,8,15H,7H2;1-6,8,14H,7H2;1H2,2-4H3;2-3H,1H3;1H. The van der Waals surface area contributed by atoms with Crippen molar-refractivity contribution in [1.82, 2.24) is 25.5 Å². The van der Waals surface area contributed by atoms with Gasteiger partial charge >= 0.3 is 0 Å². The van der Waals surface area contributed by atoms with Crippen molar-refractivity contribution in [2.24, 2.45) is 20.4 Å². The van der Waals surface area contributed by atoms with E-state index in [2.05, 4.69) is 109 Å². The van der Waals surface area contributed by atoms with E-state index in [0.717, 1.165) is 58.4 Å². The number of hydrogen-bond acceptors (Lipinski definition) is 16. The number of halogens is 4. The summed E-state index contributed by atoms with van der Waals surface area (Å²) in [5.74, 6) is 5.11. The van der Waals surface area contributed by atoms with E-state index in [4.69, 9.17) is 35.3 Å². The van der Waals surface area contributed by atoms with Crippen LogP contribution in [0.15, 0.2) is 163 Å². The minimum absolute atomic E-state index is 0. The molecule has 4 atom stereocenters. The topological polar surface area (TPSA) is 215 Å². The van der Waals surface area contributed by atoms with Crippen molar-refractivity contribution in [3.05, 3.63) is 182 Å². The Morgan fingerprint density at radius 2 is 1.26 bits per heavy atom. The summed E-state index contributed by atoms with van der Waals surface area (Å²) >= 11 is 10.3. The zero-order valence-corrected chi connectivity index (χ0v) is 46.4. The van der Waals surface area contributed by atoms with E-state index in [1.165, 1.54) is 12.1 Å². The number of hydroxylamine groups is 3. The molecule has 0 amide bonds. The van der Waals surface area contributed by atoms with Gasteiger partial charge in [-0.2, -0.15) is 10.3 Å². The van der Waals surface area contributed by atoms with Crippen LogP contribution in [-0.4, -0.2) is 70.9 Å². The number of nitrogens with two attached hydrogens (primary N) is 1. The van der Waals surface area contributed by atoms with E-state index in [-0.39, 0.29) is 36.5 Å². The molecule has 6 aromatic rings. The Morgan fingerprint density at radius 1 is 0.792 bits per heavy atom. The zero-order valence-electron chi connectivity index (χ0n) is 39.9. The number of nitrogens with zero attached hydrogens (tertiary/aromatic N) is 8. The molecule has 0 fully saturated rings. The number of Topliss-reactive ketones (excluding diaryl/α,β-unsaturated/α-hetero) is 1.